The van der Waals surface area contributed by atoms with Crippen molar-refractivity contribution < 1.29 is 27.1 Å². The molecule has 0 radical (unpaired) electrons. The summed E-state index contributed by atoms with van der Waals surface area (Å²) in [5, 5.41) is 3.78. The average Bonchev–Trinajstić information content (AvgIpc) is 2.95. The molecule has 152 valence electrons. The van der Waals surface area contributed by atoms with E-state index in [0.29, 0.717) is 17.3 Å². The van der Waals surface area contributed by atoms with Gasteiger partial charge in [-0.2, -0.15) is 5.10 Å². The van der Waals surface area contributed by atoms with Crippen molar-refractivity contribution in [2.24, 2.45) is 5.10 Å². The van der Waals surface area contributed by atoms with Crippen LogP contribution in [0.4, 0.5) is 5.69 Å². The predicted molar refractivity (Wildman–Crippen MR) is 109 cm³/mol. The molecule has 9 nitrogen and oxygen atoms in total. The van der Waals surface area contributed by atoms with Crippen LogP contribution >= 0.6 is 15.9 Å². The highest BCUT2D eigenvalue weighted by Crippen LogP contribution is 2.33. The zero-order valence-corrected chi connectivity index (χ0v) is 18.1. The fraction of sp³-hybridized carbons (Fsp3) is 0.294. The van der Waals surface area contributed by atoms with E-state index in [1.807, 2.05) is 0 Å². The molecule has 0 saturated carbocycles. The maximum Gasteiger partial charge on any atom is 0.260 e. The zero-order chi connectivity index (χ0) is 20.9. The third-order valence-electron chi connectivity index (χ3n) is 3.60. The molecule has 0 aliphatic carbocycles. The summed E-state index contributed by atoms with van der Waals surface area (Å²) in [6, 6.07) is 6.34. The van der Waals surface area contributed by atoms with Crippen LogP contribution in [0.1, 0.15) is 11.5 Å². The number of benzene rings is 1. The Morgan fingerprint density at radius 2 is 2.04 bits per heavy atom. The van der Waals surface area contributed by atoms with E-state index >= 15 is 0 Å². The van der Waals surface area contributed by atoms with E-state index in [4.69, 9.17) is 13.9 Å². The van der Waals surface area contributed by atoms with E-state index < -0.39 is 22.5 Å². The molecule has 0 bridgehead atoms. The zero-order valence-electron chi connectivity index (χ0n) is 15.7. The third kappa shape index (κ3) is 5.49. The maximum absolute atomic E-state index is 12.3. The van der Waals surface area contributed by atoms with Crippen LogP contribution in [0.15, 0.2) is 38.3 Å². The highest BCUT2D eigenvalue weighted by atomic mass is 79.9. The van der Waals surface area contributed by atoms with Gasteiger partial charge in [0, 0.05) is 12.1 Å². The number of hydrogen-bond donors (Lipinski definition) is 1. The van der Waals surface area contributed by atoms with Crippen molar-refractivity contribution in [2.75, 3.05) is 31.3 Å². The lowest BCUT2D eigenvalue weighted by molar-refractivity contribution is -0.119. The van der Waals surface area contributed by atoms with Gasteiger partial charge in [-0.15, -0.1) is 0 Å². The summed E-state index contributed by atoms with van der Waals surface area (Å²) in [7, 11) is -0.936. The number of methoxy groups -OCH3 is 2. The Morgan fingerprint density at radius 1 is 1.32 bits per heavy atom. The van der Waals surface area contributed by atoms with Crippen molar-refractivity contribution in [3.05, 3.63) is 40.3 Å². The van der Waals surface area contributed by atoms with Gasteiger partial charge in [-0.05, 0) is 35.0 Å². The number of sulfonamides is 1. The number of aryl methyl sites for hydroxylation is 1. The summed E-state index contributed by atoms with van der Waals surface area (Å²) in [5.74, 6) is 1.15. The molecule has 1 aromatic carbocycles. The van der Waals surface area contributed by atoms with E-state index in [1.54, 1.807) is 25.1 Å². The minimum absolute atomic E-state index is 0.175. The van der Waals surface area contributed by atoms with Gasteiger partial charge in [0.2, 0.25) is 10.0 Å². The number of halogens is 1. The molecule has 1 amide bonds. The Balaban J connectivity index is 2.20. The van der Waals surface area contributed by atoms with Gasteiger partial charge in [0.15, 0.2) is 0 Å². The number of hydrazone groups is 1. The number of nitrogens with one attached hydrogen (secondary N) is 1. The van der Waals surface area contributed by atoms with E-state index in [9.17, 15) is 13.2 Å². The molecule has 1 aromatic heterocycles. The molecule has 0 saturated heterocycles. The van der Waals surface area contributed by atoms with Crippen LogP contribution in [-0.4, -0.2) is 47.6 Å². The van der Waals surface area contributed by atoms with Crippen molar-refractivity contribution in [3.63, 3.8) is 0 Å². The lowest BCUT2D eigenvalue weighted by Crippen LogP contribution is -2.39. The van der Waals surface area contributed by atoms with Gasteiger partial charge in [0.1, 0.15) is 29.6 Å². The van der Waals surface area contributed by atoms with Gasteiger partial charge in [-0.1, -0.05) is 0 Å². The summed E-state index contributed by atoms with van der Waals surface area (Å²) in [5.41, 5.74) is 2.45. The summed E-state index contributed by atoms with van der Waals surface area (Å²) < 4.78 is 41.9. The van der Waals surface area contributed by atoms with Crippen LogP contribution in [0.25, 0.3) is 0 Å². The predicted octanol–water partition coefficient (Wildman–Crippen LogP) is 2.28. The lowest BCUT2D eigenvalue weighted by atomic mass is 10.2. The number of hydrogen-bond acceptors (Lipinski definition) is 7. The molecule has 0 spiro atoms. The summed E-state index contributed by atoms with van der Waals surface area (Å²) in [6.45, 7) is 1.27. The Bertz CT molecular complexity index is 967. The first-order valence-corrected chi connectivity index (χ1v) is 10.6. The maximum atomic E-state index is 12.3. The van der Waals surface area contributed by atoms with Gasteiger partial charge < -0.3 is 13.9 Å². The van der Waals surface area contributed by atoms with Gasteiger partial charge in [-0.3, -0.25) is 9.10 Å². The standard InChI is InChI=1S/C17H20BrN3O6S/c1-11-14(18)7-13(27-11)9-19-20-17(22)10-21(28(4,23)24)15-8-12(25-2)5-6-16(15)26-3/h5-9H,10H2,1-4H3,(H,20,22). The van der Waals surface area contributed by atoms with Gasteiger partial charge in [-0.25, -0.2) is 13.8 Å². The molecule has 28 heavy (non-hydrogen) atoms. The molecular weight excluding hydrogens is 454 g/mol. The fourth-order valence-electron chi connectivity index (χ4n) is 2.25. The molecule has 0 atom stereocenters. The van der Waals surface area contributed by atoms with Crippen molar-refractivity contribution >= 4 is 43.8 Å². The molecule has 0 aliphatic rings. The number of rotatable bonds is 8. The molecule has 2 rings (SSSR count). The van der Waals surface area contributed by atoms with Crippen LogP contribution in [-0.2, 0) is 14.8 Å². The monoisotopic (exact) mass is 473 g/mol. The van der Waals surface area contributed by atoms with E-state index in [1.165, 1.54) is 26.5 Å². The number of anilines is 1. The van der Waals surface area contributed by atoms with Gasteiger partial charge >= 0.3 is 0 Å². The van der Waals surface area contributed by atoms with Gasteiger partial charge in [0.25, 0.3) is 5.91 Å². The summed E-state index contributed by atoms with van der Waals surface area (Å²) in [4.78, 5) is 12.2. The molecule has 0 unspecified atom stereocenters. The van der Waals surface area contributed by atoms with Crippen LogP contribution in [0, 0.1) is 6.92 Å². The van der Waals surface area contributed by atoms with Crippen LogP contribution in [0.3, 0.4) is 0 Å². The minimum Gasteiger partial charge on any atom is -0.497 e. The van der Waals surface area contributed by atoms with E-state index in [0.717, 1.165) is 15.0 Å². The third-order valence-corrected chi connectivity index (χ3v) is 5.51. The number of carbonyl (C=O) groups is 1. The molecule has 0 fully saturated rings. The van der Waals surface area contributed by atoms with Crippen molar-refractivity contribution in [3.8, 4) is 11.5 Å². The smallest absolute Gasteiger partial charge is 0.260 e. The number of nitrogens with zero attached hydrogens (tertiary/aromatic N) is 2. The minimum atomic E-state index is -3.79. The number of carbonyl (C=O) groups excluding carboxylic acids is 1. The van der Waals surface area contributed by atoms with Crippen molar-refractivity contribution in [1.29, 1.82) is 0 Å². The number of ether oxygens (including phenoxy) is 2. The molecule has 1 heterocycles. The second-order valence-electron chi connectivity index (χ2n) is 5.65. The summed E-state index contributed by atoms with van der Waals surface area (Å²) in [6.07, 6.45) is 2.30. The van der Waals surface area contributed by atoms with E-state index in [-0.39, 0.29) is 11.4 Å². The lowest BCUT2D eigenvalue weighted by Gasteiger charge is -2.23. The van der Waals surface area contributed by atoms with Crippen molar-refractivity contribution in [1.82, 2.24) is 5.43 Å². The normalized spacial score (nSPS) is 11.5. The molecular formula is C17H20BrN3O6S. The highest BCUT2D eigenvalue weighted by Gasteiger charge is 2.24. The van der Waals surface area contributed by atoms with Crippen LogP contribution in [0.5, 0.6) is 11.5 Å². The highest BCUT2D eigenvalue weighted by molar-refractivity contribution is 9.10. The Kier molecular flexibility index (Phi) is 7.08. The molecule has 11 heteroatoms. The van der Waals surface area contributed by atoms with Crippen molar-refractivity contribution in [2.45, 2.75) is 6.92 Å². The first-order valence-electron chi connectivity index (χ1n) is 7.93. The summed E-state index contributed by atoms with van der Waals surface area (Å²) >= 11 is 3.30. The number of amides is 1. The van der Waals surface area contributed by atoms with Crippen LogP contribution < -0.4 is 19.2 Å². The first-order chi connectivity index (χ1) is 13.2. The first kappa shape index (κ1) is 21.8. The molecule has 0 aliphatic heterocycles. The molecule has 2 aromatic rings. The molecule has 1 N–H and O–H groups in total. The van der Waals surface area contributed by atoms with Gasteiger partial charge in [0.05, 0.1) is 36.9 Å². The SMILES string of the molecule is COc1ccc(OC)c(N(CC(=O)NN=Cc2cc(Br)c(C)o2)S(C)(=O)=O)c1. The Hall–Kier alpha value is -2.53. The second kappa shape index (κ2) is 9.11. The fourth-order valence-corrected chi connectivity index (χ4v) is 3.41. The Morgan fingerprint density at radius 3 is 2.57 bits per heavy atom. The largest absolute Gasteiger partial charge is 0.497 e. The number of furan rings is 1. The topological polar surface area (TPSA) is 110 Å². The Labute approximate surface area is 171 Å². The van der Waals surface area contributed by atoms with Crippen LogP contribution in [0.2, 0.25) is 0 Å². The van der Waals surface area contributed by atoms with E-state index in [2.05, 4.69) is 26.5 Å². The quantitative estimate of drug-likeness (QED) is 0.465. The second-order valence-corrected chi connectivity index (χ2v) is 8.41. The average molecular weight is 474 g/mol.